The number of rotatable bonds is 3. The summed E-state index contributed by atoms with van der Waals surface area (Å²) in [6.45, 7) is 6.63. The second-order valence-electron chi connectivity index (χ2n) is 6.98. The van der Waals surface area contributed by atoms with Gasteiger partial charge in [0.1, 0.15) is 11.1 Å². The summed E-state index contributed by atoms with van der Waals surface area (Å²) in [4.78, 5) is 28.4. The third kappa shape index (κ3) is 3.98. The number of carbonyl (C=O) groups excluding carboxylic acids is 1. The van der Waals surface area contributed by atoms with Crippen molar-refractivity contribution < 1.29 is 18.9 Å². The summed E-state index contributed by atoms with van der Waals surface area (Å²) in [5, 5.41) is 13.7. The first-order valence-electron chi connectivity index (χ1n) is 8.01. The summed E-state index contributed by atoms with van der Waals surface area (Å²) in [6, 6.07) is 4.63. The van der Waals surface area contributed by atoms with Gasteiger partial charge in [-0.1, -0.05) is 0 Å². The number of anilines is 1. The lowest BCUT2D eigenvalue weighted by atomic mass is 10.2. The third-order valence-corrected chi connectivity index (χ3v) is 3.75. The Balaban J connectivity index is 1.66. The maximum atomic E-state index is 11.8. The molecule has 9 heteroatoms. The van der Waals surface area contributed by atoms with Crippen molar-refractivity contribution in [3.05, 3.63) is 28.3 Å². The van der Waals surface area contributed by atoms with Crippen LogP contribution in [0.4, 0.5) is 16.5 Å². The van der Waals surface area contributed by atoms with Crippen LogP contribution in [-0.4, -0.2) is 40.7 Å². The Morgan fingerprint density at radius 3 is 2.92 bits per heavy atom. The highest BCUT2D eigenvalue weighted by molar-refractivity contribution is 5.77. The number of carbonyl (C=O) groups is 1. The number of nitro benzene ring substituents is 1. The van der Waals surface area contributed by atoms with Gasteiger partial charge in [-0.15, -0.1) is 0 Å². The lowest BCUT2D eigenvalue weighted by molar-refractivity contribution is -0.384. The molecule has 1 N–H and O–H groups in total. The van der Waals surface area contributed by atoms with Crippen LogP contribution in [0, 0.1) is 10.1 Å². The molecule has 1 fully saturated rings. The van der Waals surface area contributed by atoms with Crippen LogP contribution in [-0.2, 0) is 4.74 Å². The fraction of sp³-hybridized carbons (Fsp3) is 0.500. The highest BCUT2D eigenvalue weighted by atomic mass is 16.6. The zero-order valence-electron chi connectivity index (χ0n) is 14.3. The number of aromatic nitrogens is 1. The van der Waals surface area contributed by atoms with E-state index in [1.807, 2.05) is 25.7 Å². The van der Waals surface area contributed by atoms with Gasteiger partial charge in [-0.05, 0) is 33.3 Å². The van der Waals surface area contributed by atoms with Crippen LogP contribution >= 0.6 is 0 Å². The van der Waals surface area contributed by atoms with Crippen LogP contribution in [0.15, 0.2) is 22.6 Å². The lowest BCUT2D eigenvalue weighted by Gasteiger charge is -2.21. The molecule has 1 aliphatic heterocycles. The van der Waals surface area contributed by atoms with Crippen molar-refractivity contribution in [2.45, 2.75) is 38.8 Å². The molecule has 134 valence electrons. The predicted molar refractivity (Wildman–Crippen MR) is 90.7 cm³/mol. The van der Waals surface area contributed by atoms with Crippen LogP contribution in [0.3, 0.4) is 0 Å². The SMILES string of the molecule is CC(C)(C)OC(=O)N[C@H]1CCN(c2nc3cc([N+](=O)[O-])ccc3o2)C1. The number of benzene rings is 1. The zero-order valence-corrected chi connectivity index (χ0v) is 14.3. The molecule has 1 saturated heterocycles. The Kier molecular flexibility index (Phi) is 4.23. The Labute approximate surface area is 144 Å². The Hall–Kier alpha value is -2.84. The van der Waals surface area contributed by atoms with Gasteiger partial charge in [-0.3, -0.25) is 10.1 Å². The summed E-state index contributed by atoms with van der Waals surface area (Å²) in [5.74, 6) is 0. The minimum Gasteiger partial charge on any atom is -0.444 e. The summed E-state index contributed by atoms with van der Waals surface area (Å²) in [6.07, 6.45) is 0.283. The third-order valence-electron chi connectivity index (χ3n) is 3.75. The van der Waals surface area contributed by atoms with Gasteiger partial charge in [-0.25, -0.2) is 4.79 Å². The van der Waals surface area contributed by atoms with Gasteiger partial charge < -0.3 is 19.4 Å². The summed E-state index contributed by atoms with van der Waals surface area (Å²) < 4.78 is 10.9. The molecule has 2 aromatic rings. The number of nitrogens with one attached hydrogen (secondary N) is 1. The van der Waals surface area contributed by atoms with E-state index in [0.717, 1.165) is 6.42 Å². The molecule has 0 aliphatic carbocycles. The van der Waals surface area contributed by atoms with E-state index in [9.17, 15) is 14.9 Å². The molecule has 3 rings (SSSR count). The number of alkyl carbamates (subject to hydrolysis) is 1. The zero-order chi connectivity index (χ0) is 18.2. The average molecular weight is 348 g/mol. The minimum atomic E-state index is -0.544. The van der Waals surface area contributed by atoms with E-state index in [4.69, 9.17) is 9.15 Å². The number of non-ortho nitro benzene ring substituents is 1. The number of hydrogen-bond donors (Lipinski definition) is 1. The number of amides is 1. The van der Waals surface area contributed by atoms with Crippen molar-refractivity contribution >= 4 is 28.9 Å². The number of nitrogens with zero attached hydrogens (tertiary/aromatic N) is 3. The van der Waals surface area contributed by atoms with E-state index in [1.54, 1.807) is 0 Å². The summed E-state index contributed by atoms with van der Waals surface area (Å²) in [7, 11) is 0. The first kappa shape index (κ1) is 17.0. The van der Waals surface area contributed by atoms with E-state index >= 15 is 0 Å². The van der Waals surface area contributed by atoms with Gasteiger partial charge in [0.05, 0.1) is 11.0 Å². The maximum Gasteiger partial charge on any atom is 0.407 e. The molecule has 0 saturated carbocycles. The molecule has 1 aromatic carbocycles. The molecule has 2 heterocycles. The fourth-order valence-corrected chi connectivity index (χ4v) is 2.68. The lowest BCUT2D eigenvalue weighted by Crippen LogP contribution is -2.40. The smallest absolute Gasteiger partial charge is 0.407 e. The normalized spacial score (nSPS) is 17.7. The van der Waals surface area contributed by atoms with E-state index < -0.39 is 16.6 Å². The highest BCUT2D eigenvalue weighted by Gasteiger charge is 2.28. The molecule has 0 radical (unpaired) electrons. The largest absolute Gasteiger partial charge is 0.444 e. The Bertz CT molecular complexity index is 810. The van der Waals surface area contributed by atoms with E-state index in [-0.39, 0.29) is 11.7 Å². The molecule has 25 heavy (non-hydrogen) atoms. The van der Waals surface area contributed by atoms with Crippen LogP contribution in [0.2, 0.25) is 0 Å². The molecule has 0 unspecified atom stereocenters. The number of nitro groups is 1. The number of ether oxygens (including phenoxy) is 1. The number of hydrogen-bond acceptors (Lipinski definition) is 7. The van der Waals surface area contributed by atoms with Gasteiger partial charge in [0.25, 0.3) is 11.7 Å². The molecule has 1 amide bonds. The van der Waals surface area contributed by atoms with Crippen molar-refractivity contribution in [3.8, 4) is 0 Å². The van der Waals surface area contributed by atoms with E-state index in [2.05, 4.69) is 10.3 Å². The minimum absolute atomic E-state index is 0.0294. The maximum absolute atomic E-state index is 11.8. The average Bonchev–Trinajstić information content (AvgIpc) is 3.10. The van der Waals surface area contributed by atoms with Gasteiger partial charge in [-0.2, -0.15) is 4.98 Å². The van der Waals surface area contributed by atoms with Crippen LogP contribution in [0.25, 0.3) is 11.1 Å². The summed E-state index contributed by atoms with van der Waals surface area (Å²) in [5.41, 5.74) is 0.354. The first-order chi connectivity index (χ1) is 11.7. The molecule has 0 spiro atoms. The second kappa shape index (κ2) is 6.23. The first-order valence-corrected chi connectivity index (χ1v) is 8.01. The van der Waals surface area contributed by atoms with Gasteiger partial charge in [0.15, 0.2) is 5.58 Å². The molecule has 1 atom stereocenters. The Morgan fingerprint density at radius 1 is 1.48 bits per heavy atom. The van der Waals surface area contributed by atoms with Gasteiger partial charge in [0.2, 0.25) is 0 Å². The van der Waals surface area contributed by atoms with Crippen molar-refractivity contribution in [1.82, 2.24) is 10.3 Å². The second-order valence-corrected chi connectivity index (χ2v) is 6.98. The van der Waals surface area contributed by atoms with Gasteiger partial charge in [0, 0.05) is 25.2 Å². The molecule has 1 aliphatic rings. The van der Waals surface area contributed by atoms with E-state index in [1.165, 1.54) is 18.2 Å². The highest BCUT2D eigenvalue weighted by Crippen LogP contribution is 2.27. The topological polar surface area (TPSA) is 111 Å². The molecule has 1 aromatic heterocycles. The molecule has 9 nitrogen and oxygen atoms in total. The van der Waals surface area contributed by atoms with Gasteiger partial charge >= 0.3 is 6.09 Å². The molecular weight excluding hydrogens is 328 g/mol. The van der Waals surface area contributed by atoms with Crippen molar-refractivity contribution in [1.29, 1.82) is 0 Å². The Morgan fingerprint density at radius 2 is 2.24 bits per heavy atom. The van der Waals surface area contributed by atoms with Crippen molar-refractivity contribution in [2.24, 2.45) is 0 Å². The fourth-order valence-electron chi connectivity index (χ4n) is 2.68. The predicted octanol–water partition coefficient (Wildman–Crippen LogP) is 2.84. The van der Waals surface area contributed by atoms with Crippen LogP contribution < -0.4 is 10.2 Å². The summed E-state index contributed by atoms with van der Waals surface area (Å²) >= 11 is 0. The van der Waals surface area contributed by atoms with E-state index in [0.29, 0.717) is 30.2 Å². The quantitative estimate of drug-likeness (QED) is 0.670. The number of fused-ring (bicyclic) bond motifs is 1. The van der Waals surface area contributed by atoms with Crippen molar-refractivity contribution in [2.75, 3.05) is 18.0 Å². The standard InChI is InChI=1S/C16H20N4O5/c1-16(2,3)25-15(21)17-10-6-7-19(9-10)14-18-12-8-11(20(22)23)4-5-13(12)24-14/h4-5,8,10H,6-7,9H2,1-3H3,(H,17,21)/t10-/m0/s1. The van der Waals surface area contributed by atoms with Crippen molar-refractivity contribution in [3.63, 3.8) is 0 Å². The number of oxazole rings is 1. The van der Waals surface area contributed by atoms with Crippen LogP contribution in [0.1, 0.15) is 27.2 Å². The van der Waals surface area contributed by atoms with Crippen LogP contribution in [0.5, 0.6) is 0 Å². The molecular formula is C16H20N4O5. The monoisotopic (exact) mass is 348 g/mol. The molecule has 0 bridgehead atoms.